The van der Waals surface area contributed by atoms with Crippen LogP contribution in [0.4, 0.5) is 18.9 Å². The van der Waals surface area contributed by atoms with E-state index in [0.717, 1.165) is 11.6 Å². The molecule has 0 saturated heterocycles. The Kier molecular flexibility index (Phi) is 6.74. The molecule has 2 rings (SSSR count). The Labute approximate surface area is 148 Å². The lowest BCUT2D eigenvalue weighted by molar-refractivity contribution is -0.124. The molecule has 2 N–H and O–H groups in total. The molecule has 138 valence electrons. The Morgan fingerprint density at radius 1 is 0.962 bits per heavy atom. The monoisotopic (exact) mass is 365 g/mol. The first-order valence-corrected chi connectivity index (χ1v) is 7.79. The zero-order valence-electron chi connectivity index (χ0n) is 14.1. The fraction of sp³-hybridized carbons (Fsp3) is 0.222. The highest BCUT2D eigenvalue weighted by molar-refractivity contribution is 5.94. The summed E-state index contributed by atoms with van der Waals surface area (Å²) in [5, 5.41) is 4.46. The second-order valence-corrected chi connectivity index (χ2v) is 5.71. The molecule has 8 heteroatoms. The van der Waals surface area contributed by atoms with E-state index in [-0.39, 0.29) is 6.54 Å². The minimum Gasteiger partial charge on any atom is -0.346 e. The molecule has 2 amide bonds. The van der Waals surface area contributed by atoms with E-state index in [4.69, 9.17) is 0 Å². The molecule has 0 heterocycles. The van der Waals surface area contributed by atoms with Crippen molar-refractivity contribution in [2.45, 2.75) is 6.54 Å². The summed E-state index contributed by atoms with van der Waals surface area (Å²) in [4.78, 5) is 25.3. The summed E-state index contributed by atoms with van der Waals surface area (Å²) < 4.78 is 39.4. The number of amides is 2. The van der Waals surface area contributed by atoms with Crippen LogP contribution in [0.5, 0.6) is 0 Å². The number of halogens is 3. The molecular weight excluding hydrogens is 347 g/mol. The summed E-state index contributed by atoms with van der Waals surface area (Å²) in [5.74, 6) is -5.67. The van der Waals surface area contributed by atoms with Crippen LogP contribution in [0.3, 0.4) is 0 Å². The molecule has 0 unspecified atom stereocenters. The van der Waals surface area contributed by atoms with Crippen LogP contribution in [0.15, 0.2) is 42.5 Å². The number of carbonyl (C=O) groups excluding carboxylic acids is 2. The van der Waals surface area contributed by atoms with Gasteiger partial charge >= 0.3 is 0 Å². The molecule has 0 saturated carbocycles. The number of rotatable bonds is 7. The van der Waals surface area contributed by atoms with Crippen molar-refractivity contribution < 1.29 is 22.8 Å². The van der Waals surface area contributed by atoms with E-state index in [1.54, 1.807) is 11.9 Å². The summed E-state index contributed by atoms with van der Waals surface area (Å²) in [7, 11) is 1.75. The molecule has 2 aromatic rings. The Bertz CT molecular complexity index is 785. The topological polar surface area (TPSA) is 61.4 Å². The van der Waals surface area contributed by atoms with Crippen molar-refractivity contribution in [2.24, 2.45) is 0 Å². The average molecular weight is 365 g/mol. The smallest absolute Gasteiger partial charge is 0.243 e. The van der Waals surface area contributed by atoms with Crippen molar-refractivity contribution in [3.63, 3.8) is 0 Å². The lowest BCUT2D eigenvalue weighted by atomic mass is 10.2. The van der Waals surface area contributed by atoms with E-state index >= 15 is 0 Å². The molecule has 5 nitrogen and oxygen atoms in total. The quantitative estimate of drug-likeness (QED) is 0.740. The molecular formula is C18H18F3N3O2. The highest BCUT2D eigenvalue weighted by Crippen LogP contribution is 2.19. The standard InChI is InChI=1S/C18H18F3N3O2/c1-24(10-12-5-3-2-4-6-12)11-16(26)22-9-15(25)23-14-8-7-13(19)17(20)18(14)21/h2-8H,9-11H2,1H3,(H,22,26)(H,23,25). The lowest BCUT2D eigenvalue weighted by Gasteiger charge is -2.16. The molecule has 0 aromatic heterocycles. The average Bonchev–Trinajstić information content (AvgIpc) is 2.61. The van der Waals surface area contributed by atoms with Crippen LogP contribution < -0.4 is 10.6 Å². The maximum Gasteiger partial charge on any atom is 0.243 e. The van der Waals surface area contributed by atoms with Crippen LogP contribution in [-0.2, 0) is 16.1 Å². The minimum atomic E-state index is -1.67. The van der Waals surface area contributed by atoms with Gasteiger partial charge in [-0.15, -0.1) is 0 Å². The zero-order chi connectivity index (χ0) is 19.1. The van der Waals surface area contributed by atoms with Gasteiger partial charge in [0.05, 0.1) is 18.8 Å². The van der Waals surface area contributed by atoms with Gasteiger partial charge in [-0.05, 0) is 24.7 Å². The van der Waals surface area contributed by atoms with Gasteiger partial charge in [0.1, 0.15) is 0 Å². The van der Waals surface area contributed by atoms with E-state index in [1.807, 2.05) is 30.3 Å². The van der Waals surface area contributed by atoms with Gasteiger partial charge in [-0.3, -0.25) is 14.5 Å². The Morgan fingerprint density at radius 2 is 1.65 bits per heavy atom. The van der Waals surface area contributed by atoms with Crippen LogP contribution in [-0.4, -0.2) is 36.9 Å². The minimum absolute atomic E-state index is 0.0573. The van der Waals surface area contributed by atoms with Crippen molar-refractivity contribution in [3.05, 3.63) is 65.5 Å². The number of benzene rings is 2. The Balaban J connectivity index is 1.78. The highest BCUT2D eigenvalue weighted by atomic mass is 19.2. The second-order valence-electron chi connectivity index (χ2n) is 5.71. The first-order valence-electron chi connectivity index (χ1n) is 7.79. The number of anilines is 1. The molecule has 26 heavy (non-hydrogen) atoms. The Morgan fingerprint density at radius 3 is 2.35 bits per heavy atom. The van der Waals surface area contributed by atoms with Gasteiger partial charge in [0, 0.05) is 6.54 Å². The van der Waals surface area contributed by atoms with Crippen molar-refractivity contribution in [1.82, 2.24) is 10.2 Å². The van der Waals surface area contributed by atoms with Gasteiger partial charge in [-0.2, -0.15) is 0 Å². The summed E-state index contributed by atoms with van der Waals surface area (Å²) >= 11 is 0. The predicted octanol–water partition coefficient (Wildman–Crippen LogP) is 2.29. The summed E-state index contributed by atoms with van der Waals surface area (Å²) in [6, 6.07) is 11.1. The van der Waals surface area contributed by atoms with Crippen molar-refractivity contribution in [1.29, 1.82) is 0 Å². The molecule has 0 aliphatic carbocycles. The molecule has 0 fully saturated rings. The number of nitrogens with one attached hydrogen (secondary N) is 2. The van der Waals surface area contributed by atoms with Crippen molar-refractivity contribution >= 4 is 17.5 Å². The van der Waals surface area contributed by atoms with Crippen LogP contribution in [0.2, 0.25) is 0 Å². The second kappa shape index (κ2) is 9.00. The zero-order valence-corrected chi connectivity index (χ0v) is 14.1. The third-order valence-corrected chi connectivity index (χ3v) is 3.46. The van der Waals surface area contributed by atoms with Gasteiger partial charge in [0.25, 0.3) is 0 Å². The molecule has 2 aromatic carbocycles. The van der Waals surface area contributed by atoms with Crippen LogP contribution in [0, 0.1) is 17.5 Å². The number of carbonyl (C=O) groups is 2. The van der Waals surface area contributed by atoms with E-state index in [9.17, 15) is 22.8 Å². The SMILES string of the molecule is CN(CC(=O)NCC(=O)Nc1ccc(F)c(F)c1F)Cc1ccccc1. The predicted molar refractivity (Wildman–Crippen MR) is 90.7 cm³/mol. The molecule has 0 spiro atoms. The first-order chi connectivity index (χ1) is 12.4. The number of likely N-dealkylation sites (N-methyl/N-ethyl adjacent to an activating group) is 1. The summed E-state index contributed by atoms with van der Waals surface area (Å²) in [6.07, 6.45) is 0. The molecule has 0 radical (unpaired) electrons. The van der Waals surface area contributed by atoms with Gasteiger partial charge in [-0.25, -0.2) is 13.2 Å². The van der Waals surface area contributed by atoms with Gasteiger partial charge < -0.3 is 10.6 Å². The van der Waals surface area contributed by atoms with E-state index in [2.05, 4.69) is 10.6 Å². The largest absolute Gasteiger partial charge is 0.346 e. The summed E-state index contributed by atoms with van der Waals surface area (Å²) in [5.41, 5.74) is 0.540. The Hall–Kier alpha value is -2.87. The van der Waals surface area contributed by atoms with Gasteiger partial charge in [0.15, 0.2) is 17.5 Å². The van der Waals surface area contributed by atoms with Crippen molar-refractivity contribution in [3.8, 4) is 0 Å². The van der Waals surface area contributed by atoms with E-state index in [0.29, 0.717) is 12.6 Å². The van der Waals surface area contributed by atoms with Crippen LogP contribution in [0.1, 0.15) is 5.56 Å². The lowest BCUT2D eigenvalue weighted by Crippen LogP contribution is -2.39. The molecule has 0 aliphatic heterocycles. The van der Waals surface area contributed by atoms with Gasteiger partial charge in [-0.1, -0.05) is 30.3 Å². The maximum absolute atomic E-state index is 13.5. The van der Waals surface area contributed by atoms with Crippen LogP contribution in [0.25, 0.3) is 0 Å². The number of nitrogens with zero attached hydrogens (tertiary/aromatic N) is 1. The van der Waals surface area contributed by atoms with E-state index < -0.39 is 41.5 Å². The van der Waals surface area contributed by atoms with Crippen LogP contribution >= 0.6 is 0 Å². The fourth-order valence-electron chi connectivity index (χ4n) is 2.25. The number of hydrogen-bond acceptors (Lipinski definition) is 3. The van der Waals surface area contributed by atoms with Gasteiger partial charge in [0.2, 0.25) is 11.8 Å². The summed E-state index contributed by atoms with van der Waals surface area (Å²) in [6.45, 7) is 0.193. The third kappa shape index (κ3) is 5.59. The number of hydrogen-bond donors (Lipinski definition) is 2. The van der Waals surface area contributed by atoms with E-state index in [1.165, 1.54) is 0 Å². The maximum atomic E-state index is 13.5. The first kappa shape index (κ1) is 19.5. The molecule has 0 atom stereocenters. The normalized spacial score (nSPS) is 10.7. The molecule has 0 bridgehead atoms. The van der Waals surface area contributed by atoms with Crippen molar-refractivity contribution in [2.75, 3.05) is 25.5 Å². The molecule has 0 aliphatic rings. The third-order valence-electron chi connectivity index (χ3n) is 3.46. The fourth-order valence-corrected chi connectivity index (χ4v) is 2.25. The highest BCUT2D eigenvalue weighted by Gasteiger charge is 2.15.